The molecule has 0 aromatic heterocycles. The van der Waals surface area contributed by atoms with Crippen LogP contribution in [0.4, 0.5) is 4.39 Å². The van der Waals surface area contributed by atoms with E-state index in [2.05, 4.69) is 30.7 Å². The first-order valence-electron chi connectivity index (χ1n) is 11.6. The molecule has 3 nitrogen and oxygen atoms in total. The fraction of sp³-hybridized carbons (Fsp3) is 0.519. The van der Waals surface area contributed by atoms with Crippen LogP contribution in [0.25, 0.3) is 0 Å². The van der Waals surface area contributed by atoms with E-state index in [0.717, 1.165) is 56.3 Å². The lowest BCUT2D eigenvalue weighted by Crippen LogP contribution is -2.36. The first-order chi connectivity index (χ1) is 15.0. The van der Waals surface area contributed by atoms with Gasteiger partial charge in [0.2, 0.25) is 6.41 Å². The van der Waals surface area contributed by atoms with E-state index in [-0.39, 0.29) is 11.2 Å². The molecular weight excluding hydrogens is 387 g/mol. The standard InChI is InChI=1S/C13H18FN.C10H15NO.2C2H6/c1-13(6-8-15-9-7-13)10-11-4-2-3-5-12(11)14;1-3-4-6-10(2)7-5-8-11-9-12;2*1-2/h2-5,15H,6-10H2,1H3;3-4,6,9H,1-2,5,7-8H2,(H,11,12);2*1-2H3/b;6-4-;;. The summed E-state index contributed by atoms with van der Waals surface area (Å²) in [5, 5.41) is 5.94. The fourth-order valence-corrected chi connectivity index (χ4v) is 3.07. The molecule has 0 saturated carbocycles. The zero-order valence-corrected chi connectivity index (χ0v) is 20.5. The highest BCUT2D eigenvalue weighted by atomic mass is 19.1. The summed E-state index contributed by atoms with van der Waals surface area (Å²) in [4.78, 5) is 9.86. The molecule has 1 aliphatic heterocycles. The van der Waals surface area contributed by atoms with Crippen molar-refractivity contribution in [3.63, 3.8) is 0 Å². The fourth-order valence-electron chi connectivity index (χ4n) is 3.07. The van der Waals surface area contributed by atoms with Crippen molar-refractivity contribution in [2.75, 3.05) is 19.6 Å². The Bertz CT molecular complexity index is 619. The van der Waals surface area contributed by atoms with E-state index in [0.29, 0.717) is 13.0 Å². The molecule has 4 heteroatoms. The SMILES string of the molecule is C=C/C=C\C(=C)CCCNC=O.CC.CC.CC1(Cc2ccccc2F)CCNCC1. The van der Waals surface area contributed by atoms with E-state index in [9.17, 15) is 9.18 Å². The maximum atomic E-state index is 13.5. The molecular formula is C27H45FN2O. The van der Waals surface area contributed by atoms with Gasteiger partial charge in [0, 0.05) is 6.54 Å². The molecule has 0 bridgehead atoms. The number of rotatable bonds is 9. The Morgan fingerprint density at radius 2 is 1.81 bits per heavy atom. The number of amides is 1. The molecule has 1 aliphatic rings. The minimum absolute atomic E-state index is 0.0581. The van der Waals surface area contributed by atoms with Crippen LogP contribution in [0, 0.1) is 11.2 Å². The molecule has 0 radical (unpaired) electrons. The second-order valence-corrected chi connectivity index (χ2v) is 7.26. The molecule has 1 saturated heterocycles. The van der Waals surface area contributed by atoms with Crippen LogP contribution in [-0.4, -0.2) is 26.0 Å². The zero-order chi connectivity index (χ0) is 24.0. The van der Waals surface area contributed by atoms with Gasteiger partial charge in [-0.1, -0.05) is 89.8 Å². The van der Waals surface area contributed by atoms with E-state index in [1.807, 2.05) is 52.0 Å². The van der Waals surface area contributed by atoms with Crippen LogP contribution in [0.2, 0.25) is 0 Å². The van der Waals surface area contributed by atoms with Crippen LogP contribution in [-0.2, 0) is 11.2 Å². The van der Waals surface area contributed by atoms with Gasteiger partial charge in [0.15, 0.2) is 0 Å². The normalized spacial score (nSPS) is 13.9. The highest BCUT2D eigenvalue weighted by Gasteiger charge is 2.27. The van der Waals surface area contributed by atoms with Crippen molar-refractivity contribution in [2.24, 2.45) is 5.41 Å². The highest BCUT2D eigenvalue weighted by Crippen LogP contribution is 2.32. The zero-order valence-electron chi connectivity index (χ0n) is 20.5. The Morgan fingerprint density at radius 1 is 1.19 bits per heavy atom. The third-order valence-electron chi connectivity index (χ3n) is 4.76. The van der Waals surface area contributed by atoms with Crippen LogP contribution in [0.5, 0.6) is 0 Å². The van der Waals surface area contributed by atoms with Crippen LogP contribution < -0.4 is 10.6 Å². The third-order valence-corrected chi connectivity index (χ3v) is 4.76. The number of hydrogen-bond acceptors (Lipinski definition) is 2. The summed E-state index contributed by atoms with van der Waals surface area (Å²) < 4.78 is 13.5. The number of nitrogens with one attached hydrogen (secondary N) is 2. The average molecular weight is 433 g/mol. The highest BCUT2D eigenvalue weighted by molar-refractivity contribution is 5.45. The number of carbonyl (C=O) groups is 1. The first kappa shape index (κ1) is 31.0. The lowest BCUT2D eigenvalue weighted by atomic mass is 9.76. The molecule has 0 spiro atoms. The topological polar surface area (TPSA) is 41.1 Å². The van der Waals surface area contributed by atoms with E-state index in [1.54, 1.807) is 18.2 Å². The Labute approximate surface area is 190 Å². The van der Waals surface area contributed by atoms with Gasteiger partial charge >= 0.3 is 0 Å². The minimum Gasteiger partial charge on any atom is -0.359 e. The number of hydrogen-bond donors (Lipinski definition) is 2. The maximum absolute atomic E-state index is 13.5. The molecule has 2 N–H and O–H groups in total. The van der Waals surface area contributed by atoms with Gasteiger partial charge in [-0.25, -0.2) is 4.39 Å². The predicted molar refractivity (Wildman–Crippen MR) is 135 cm³/mol. The van der Waals surface area contributed by atoms with Gasteiger partial charge in [0.25, 0.3) is 0 Å². The molecule has 0 atom stereocenters. The Balaban J connectivity index is 0. The monoisotopic (exact) mass is 432 g/mol. The van der Waals surface area contributed by atoms with Crippen LogP contribution in [0.3, 0.4) is 0 Å². The van der Waals surface area contributed by atoms with Crippen LogP contribution in [0.1, 0.15) is 65.9 Å². The van der Waals surface area contributed by atoms with E-state index in [4.69, 9.17) is 0 Å². The lowest BCUT2D eigenvalue weighted by Gasteiger charge is -2.34. The van der Waals surface area contributed by atoms with Gasteiger partial charge in [-0.05, 0) is 62.2 Å². The van der Waals surface area contributed by atoms with Crippen LogP contribution in [0.15, 0.2) is 61.2 Å². The molecule has 1 aromatic rings. The van der Waals surface area contributed by atoms with E-state index >= 15 is 0 Å². The molecule has 2 rings (SSSR count). The van der Waals surface area contributed by atoms with Gasteiger partial charge in [-0.2, -0.15) is 0 Å². The van der Waals surface area contributed by atoms with Crippen molar-refractivity contribution < 1.29 is 9.18 Å². The van der Waals surface area contributed by atoms with Crippen molar-refractivity contribution in [1.82, 2.24) is 10.6 Å². The summed E-state index contributed by atoms with van der Waals surface area (Å²) in [6.45, 7) is 20.5. The first-order valence-corrected chi connectivity index (χ1v) is 11.6. The van der Waals surface area contributed by atoms with Crippen molar-refractivity contribution in [3.8, 4) is 0 Å². The lowest BCUT2D eigenvalue weighted by molar-refractivity contribution is -0.109. The van der Waals surface area contributed by atoms with E-state index in [1.165, 1.54) is 0 Å². The summed E-state index contributed by atoms with van der Waals surface area (Å²) in [5.74, 6) is -0.0581. The molecule has 0 aliphatic carbocycles. The largest absolute Gasteiger partial charge is 0.359 e. The smallest absolute Gasteiger partial charge is 0.207 e. The second kappa shape index (κ2) is 21.0. The van der Waals surface area contributed by atoms with Crippen molar-refractivity contribution >= 4 is 6.41 Å². The van der Waals surface area contributed by atoms with Gasteiger partial charge < -0.3 is 10.6 Å². The van der Waals surface area contributed by atoms with Gasteiger partial charge in [0.1, 0.15) is 5.82 Å². The number of allylic oxidation sites excluding steroid dienone is 4. The number of carbonyl (C=O) groups excluding carboxylic acids is 1. The molecule has 1 amide bonds. The van der Waals surface area contributed by atoms with Crippen molar-refractivity contribution in [1.29, 1.82) is 0 Å². The molecule has 0 unspecified atom stereocenters. The summed E-state index contributed by atoms with van der Waals surface area (Å²) in [6.07, 6.45) is 11.2. The van der Waals surface area contributed by atoms with E-state index < -0.39 is 0 Å². The molecule has 1 aromatic carbocycles. The molecule has 1 fully saturated rings. The van der Waals surface area contributed by atoms with Gasteiger partial charge in [-0.15, -0.1) is 0 Å². The maximum Gasteiger partial charge on any atom is 0.207 e. The molecule has 31 heavy (non-hydrogen) atoms. The Hall–Kier alpha value is -2.20. The third kappa shape index (κ3) is 16.2. The van der Waals surface area contributed by atoms with Gasteiger partial charge in [-0.3, -0.25) is 4.79 Å². The summed E-state index contributed by atoms with van der Waals surface area (Å²) in [6, 6.07) is 7.13. The Kier molecular flexibility index (Phi) is 21.0. The second-order valence-electron chi connectivity index (χ2n) is 7.26. The number of piperidine rings is 1. The van der Waals surface area contributed by atoms with Crippen molar-refractivity contribution in [3.05, 3.63) is 72.6 Å². The molecule has 176 valence electrons. The minimum atomic E-state index is -0.0581. The van der Waals surface area contributed by atoms with Crippen molar-refractivity contribution in [2.45, 2.75) is 66.7 Å². The quantitative estimate of drug-likeness (QED) is 0.261. The predicted octanol–water partition coefficient (Wildman–Crippen LogP) is 6.62. The molecule has 1 heterocycles. The summed E-state index contributed by atoms with van der Waals surface area (Å²) >= 11 is 0. The average Bonchev–Trinajstić information content (AvgIpc) is 2.80. The Morgan fingerprint density at radius 3 is 2.35 bits per heavy atom. The summed E-state index contributed by atoms with van der Waals surface area (Å²) in [7, 11) is 0. The number of benzene rings is 1. The number of halogens is 1. The van der Waals surface area contributed by atoms with Gasteiger partial charge in [0.05, 0.1) is 0 Å². The van der Waals surface area contributed by atoms with Crippen LogP contribution >= 0.6 is 0 Å². The summed E-state index contributed by atoms with van der Waals surface area (Å²) in [5.41, 5.74) is 2.19.